The van der Waals surface area contributed by atoms with E-state index in [-0.39, 0.29) is 11.9 Å². The summed E-state index contributed by atoms with van der Waals surface area (Å²) in [6.45, 7) is 10.7. The van der Waals surface area contributed by atoms with Crippen LogP contribution in [0.5, 0.6) is 0 Å². The first kappa shape index (κ1) is 21.9. The first-order valence-electron chi connectivity index (χ1n) is 10.7. The summed E-state index contributed by atoms with van der Waals surface area (Å²) >= 11 is 12.2. The number of amides is 1. The van der Waals surface area contributed by atoms with Crippen LogP contribution in [0.1, 0.15) is 45.1 Å². The van der Waals surface area contributed by atoms with Crippen LogP contribution in [0.25, 0.3) is 0 Å². The number of unbranched alkanes of at least 4 members (excludes halogenated alkanes) is 1. The molecule has 1 amide bonds. The van der Waals surface area contributed by atoms with Gasteiger partial charge in [-0.15, -0.1) is 0 Å². The summed E-state index contributed by atoms with van der Waals surface area (Å²) < 4.78 is 0. The van der Waals surface area contributed by atoms with Gasteiger partial charge in [-0.25, -0.2) is 0 Å². The molecule has 0 spiro atoms. The number of hydrogen-bond donors (Lipinski definition) is 0. The Labute approximate surface area is 179 Å². The van der Waals surface area contributed by atoms with Gasteiger partial charge in [-0.2, -0.15) is 0 Å². The Kier molecular flexibility index (Phi) is 8.04. The molecule has 28 heavy (non-hydrogen) atoms. The van der Waals surface area contributed by atoms with Crippen molar-refractivity contribution in [3.05, 3.63) is 33.8 Å². The second kappa shape index (κ2) is 10.3. The van der Waals surface area contributed by atoms with Crippen LogP contribution < -0.4 is 0 Å². The Morgan fingerprint density at radius 2 is 1.89 bits per heavy atom. The molecule has 0 aromatic heterocycles. The SMILES string of the molecule is CCCCN1CCN(C(=O)Cc2ccc(Cl)c(Cl)c2)[C@H]([C@@H](C)N2CCCC2)C1. The Bertz CT molecular complexity index is 663. The Balaban J connectivity index is 1.71. The molecule has 2 atom stereocenters. The lowest BCUT2D eigenvalue weighted by Gasteiger charge is -2.46. The molecule has 156 valence electrons. The van der Waals surface area contributed by atoms with Crippen molar-refractivity contribution in [1.82, 2.24) is 14.7 Å². The van der Waals surface area contributed by atoms with Crippen LogP contribution in [0.15, 0.2) is 18.2 Å². The quantitative estimate of drug-likeness (QED) is 0.649. The van der Waals surface area contributed by atoms with Gasteiger partial charge in [0.25, 0.3) is 0 Å². The average molecular weight is 426 g/mol. The number of benzene rings is 1. The van der Waals surface area contributed by atoms with Crippen LogP contribution in [0.3, 0.4) is 0 Å². The predicted molar refractivity (Wildman–Crippen MR) is 117 cm³/mol. The van der Waals surface area contributed by atoms with Crippen LogP contribution in [-0.4, -0.2) is 72.0 Å². The maximum Gasteiger partial charge on any atom is 0.227 e. The van der Waals surface area contributed by atoms with Gasteiger partial charge in [-0.1, -0.05) is 42.6 Å². The third-order valence-electron chi connectivity index (χ3n) is 6.26. The number of carbonyl (C=O) groups is 1. The molecule has 0 bridgehead atoms. The number of rotatable bonds is 7. The molecule has 6 heteroatoms. The third kappa shape index (κ3) is 5.41. The zero-order valence-corrected chi connectivity index (χ0v) is 18.7. The van der Waals surface area contributed by atoms with Gasteiger partial charge in [-0.3, -0.25) is 14.6 Å². The third-order valence-corrected chi connectivity index (χ3v) is 7.00. The summed E-state index contributed by atoms with van der Waals surface area (Å²) in [5.74, 6) is 0.199. The van der Waals surface area contributed by atoms with E-state index in [1.165, 1.54) is 25.7 Å². The molecule has 1 aromatic carbocycles. The fourth-order valence-electron chi connectivity index (χ4n) is 4.49. The molecule has 0 N–H and O–H groups in total. The Morgan fingerprint density at radius 3 is 2.57 bits per heavy atom. The molecule has 2 fully saturated rings. The highest BCUT2D eigenvalue weighted by atomic mass is 35.5. The highest BCUT2D eigenvalue weighted by molar-refractivity contribution is 6.42. The van der Waals surface area contributed by atoms with Crippen LogP contribution >= 0.6 is 23.2 Å². The normalized spacial score (nSPS) is 22.6. The molecule has 4 nitrogen and oxygen atoms in total. The van der Waals surface area contributed by atoms with Crippen LogP contribution in [0, 0.1) is 0 Å². The average Bonchev–Trinajstić information content (AvgIpc) is 3.23. The molecule has 1 aromatic rings. The molecule has 0 saturated carbocycles. The van der Waals surface area contributed by atoms with Gasteiger partial charge in [0, 0.05) is 25.7 Å². The van der Waals surface area contributed by atoms with Gasteiger partial charge in [0.05, 0.1) is 22.5 Å². The molecule has 2 aliphatic heterocycles. The maximum atomic E-state index is 13.2. The monoisotopic (exact) mass is 425 g/mol. The molecule has 0 aliphatic carbocycles. The topological polar surface area (TPSA) is 26.8 Å². The highest BCUT2D eigenvalue weighted by Gasteiger charge is 2.36. The minimum Gasteiger partial charge on any atom is -0.335 e. The van der Waals surface area contributed by atoms with Crippen molar-refractivity contribution >= 4 is 29.1 Å². The van der Waals surface area contributed by atoms with E-state index in [4.69, 9.17) is 23.2 Å². The number of nitrogens with zero attached hydrogens (tertiary/aromatic N) is 3. The van der Waals surface area contributed by atoms with Crippen molar-refractivity contribution in [1.29, 1.82) is 0 Å². The number of halogens is 2. The van der Waals surface area contributed by atoms with E-state index in [9.17, 15) is 4.79 Å². The zero-order valence-electron chi connectivity index (χ0n) is 17.2. The Hall–Kier alpha value is -0.810. The van der Waals surface area contributed by atoms with Gasteiger partial charge in [0.2, 0.25) is 5.91 Å². The molecule has 2 aliphatic rings. The van der Waals surface area contributed by atoms with E-state index in [1.807, 2.05) is 12.1 Å². The Morgan fingerprint density at radius 1 is 1.14 bits per heavy atom. The van der Waals surface area contributed by atoms with E-state index < -0.39 is 0 Å². The van der Waals surface area contributed by atoms with Crippen molar-refractivity contribution in [2.75, 3.05) is 39.3 Å². The standard InChI is InChI=1S/C22H33Cl2N3O/c1-3-4-9-25-12-13-27(21(16-25)17(2)26-10-5-6-11-26)22(28)15-18-7-8-19(23)20(24)14-18/h7-8,14,17,21H,3-6,9-13,15-16H2,1-2H3/t17-,21+/m1/s1. The lowest BCUT2D eigenvalue weighted by Crippen LogP contribution is -2.62. The first-order chi connectivity index (χ1) is 13.5. The summed E-state index contributed by atoms with van der Waals surface area (Å²) in [5, 5.41) is 1.04. The second-order valence-electron chi connectivity index (χ2n) is 8.22. The summed E-state index contributed by atoms with van der Waals surface area (Å²) in [6, 6.07) is 6.14. The van der Waals surface area contributed by atoms with Crippen molar-refractivity contribution in [2.24, 2.45) is 0 Å². The lowest BCUT2D eigenvalue weighted by atomic mass is 10.0. The first-order valence-corrected chi connectivity index (χ1v) is 11.4. The molecule has 0 unspecified atom stereocenters. The largest absolute Gasteiger partial charge is 0.335 e. The van der Waals surface area contributed by atoms with Crippen molar-refractivity contribution in [3.8, 4) is 0 Å². The van der Waals surface area contributed by atoms with E-state index in [2.05, 4.69) is 28.5 Å². The molecular formula is C22H33Cl2N3O. The van der Waals surface area contributed by atoms with E-state index in [0.717, 1.165) is 44.8 Å². The lowest BCUT2D eigenvalue weighted by molar-refractivity contribution is -0.137. The summed E-state index contributed by atoms with van der Waals surface area (Å²) in [6.07, 6.45) is 5.36. The number of piperazine rings is 1. The maximum absolute atomic E-state index is 13.2. The summed E-state index contributed by atoms with van der Waals surface area (Å²) in [4.78, 5) is 20.5. The van der Waals surface area contributed by atoms with Crippen LogP contribution in [0.4, 0.5) is 0 Å². The van der Waals surface area contributed by atoms with Crippen LogP contribution in [0.2, 0.25) is 10.0 Å². The molecule has 0 radical (unpaired) electrons. The minimum atomic E-state index is 0.199. The number of carbonyl (C=O) groups excluding carboxylic acids is 1. The van der Waals surface area contributed by atoms with E-state index in [0.29, 0.717) is 22.5 Å². The number of hydrogen-bond acceptors (Lipinski definition) is 3. The van der Waals surface area contributed by atoms with Crippen molar-refractivity contribution < 1.29 is 4.79 Å². The van der Waals surface area contributed by atoms with Gasteiger partial charge in [0.1, 0.15) is 0 Å². The summed E-state index contributed by atoms with van der Waals surface area (Å²) in [5.41, 5.74) is 0.931. The molecule has 2 heterocycles. The van der Waals surface area contributed by atoms with Gasteiger partial charge in [0.15, 0.2) is 0 Å². The smallest absolute Gasteiger partial charge is 0.227 e. The highest BCUT2D eigenvalue weighted by Crippen LogP contribution is 2.25. The van der Waals surface area contributed by atoms with E-state index in [1.54, 1.807) is 6.07 Å². The second-order valence-corrected chi connectivity index (χ2v) is 9.03. The predicted octanol–water partition coefficient (Wildman–Crippen LogP) is 4.33. The van der Waals surface area contributed by atoms with Gasteiger partial charge < -0.3 is 4.90 Å². The van der Waals surface area contributed by atoms with Gasteiger partial charge in [-0.05, 0) is 63.5 Å². The zero-order chi connectivity index (χ0) is 20.1. The molecule has 3 rings (SSSR count). The fourth-order valence-corrected chi connectivity index (χ4v) is 4.82. The molecule has 2 saturated heterocycles. The minimum absolute atomic E-state index is 0.199. The number of likely N-dealkylation sites (tertiary alicyclic amines) is 1. The fraction of sp³-hybridized carbons (Fsp3) is 0.682. The van der Waals surface area contributed by atoms with Crippen molar-refractivity contribution in [3.63, 3.8) is 0 Å². The van der Waals surface area contributed by atoms with E-state index >= 15 is 0 Å². The summed E-state index contributed by atoms with van der Waals surface area (Å²) in [7, 11) is 0. The molecular weight excluding hydrogens is 393 g/mol. The van der Waals surface area contributed by atoms with Crippen LogP contribution in [-0.2, 0) is 11.2 Å². The van der Waals surface area contributed by atoms with Gasteiger partial charge >= 0.3 is 0 Å². The van der Waals surface area contributed by atoms with Crippen molar-refractivity contribution in [2.45, 2.75) is 58.0 Å².